The van der Waals surface area contributed by atoms with Crippen molar-refractivity contribution in [2.45, 2.75) is 0 Å². The molecule has 0 aliphatic carbocycles. The van der Waals surface area contributed by atoms with Crippen molar-refractivity contribution in [3.8, 4) is 40.1 Å². The number of para-hydroxylation sites is 10. The first-order valence-corrected chi connectivity index (χ1v) is 18.8. The zero-order valence-corrected chi connectivity index (χ0v) is 30.5. The van der Waals surface area contributed by atoms with Crippen LogP contribution in [0, 0.1) is 0 Å². The van der Waals surface area contributed by atoms with Gasteiger partial charge >= 0.3 is 0 Å². The molecule has 0 saturated heterocycles. The Kier molecular flexibility index (Phi) is 7.67. The van der Waals surface area contributed by atoms with Gasteiger partial charge < -0.3 is 23.0 Å². The molecular weight excluding hydrogens is 705 g/mol. The number of ether oxygens (including phenoxy) is 1. The summed E-state index contributed by atoms with van der Waals surface area (Å²) in [6.45, 7) is 0. The second-order valence-corrected chi connectivity index (χ2v) is 13.8. The van der Waals surface area contributed by atoms with Crippen LogP contribution in [-0.2, 0) is 0 Å². The minimum absolute atomic E-state index is 0.625. The third-order valence-electron chi connectivity index (χ3n) is 10.3. The molecule has 0 atom stereocenters. The van der Waals surface area contributed by atoms with E-state index >= 15 is 0 Å². The van der Waals surface area contributed by atoms with Gasteiger partial charge in [-0.05, 0) is 109 Å². The summed E-state index contributed by atoms with van der Waals surface area (Å²) in [6.07, 6.45) is 0. The number of benzene rings is 8. The maximum atomic E-state index is 6.09. The normalized spacial score (nSPS) is 12.0. The maximum Gasteiger partial charge on any atom is 0.227 e. The monoisotopic (exact) mass is 736 g/mol. The van der Waals surface area contributed by atoms with Crippen molar-refractivity contribution < 1.29 is 13.6 Å². The number of oxazole rings is 2. The number of aromatic nitrogens is 3. The lowest BCUT2D eigenvalue weighted by molar-refractivity contribution is 0.477. The van der Waals surface area contributed by atoms with Gasteiger partial charge in [0.05, 0.1) is 22.4 Å². The van der Waals surface area contributed by atoms with Crippen LogP contribution in [0.2, 0.25) is 0 Å². The van der Waals surface area contributed by atoms with E-state index in [0.717, 1.165) is 67.6 Å². The highest BCUT2D eigenvalue weighted by Crippen LogP contribution is 2.50. The van der Waals surface area contributed by atoms with Crippen molar-refractivity contribution in [1.29, 1.82) is 0 Å². The molecule has 8 aromatic carbocycles. The molecule has 7 nitrogen and oxygen atoms in total. The lowest BCUT2D eigenvalue weighted by atomic mass is 10.1. The number of hydrogen-bond donors (Lipinski definition) is 0. The molecule has 7 heteroatoms. The molecule has 12 rings (SSSR count). The van der Waals surface area contributed by atoms with Gasteiger partial charge in [-0.25, -0.2) is 9.97 Å². The highest BCUT2D eigenvalue weighted by atomic mass is 16.5. The fourth-order valence-electron chi connectivity index (χ4n) is 7.68. The van der Waals surface area contributed by atoms with Crippen molar-refractivity contribution in [2.75, 3.05) is 4.90 Å². The molecule has 0 N–H and O–H groups in total. The smallest absolute Gasteiger partial charge is 0.227 e. The summed E-state index contributed by atoms with van der Waals surface area (Å²) < 4.78 is 20.2. The van der Waals surface area contributed by atoms with E-state index in [1.54, 1.807) is 0 Å². The molecule has 1 aliphatic rings. The maximum absolute atomic E-state index is 6.09. The van der Waals surface area contributed by atoms with E-state index in [0.29, 0.717) is 11.8 Å². The van der Waals surface area contributed by atoms with Crippen LogP contribution in [0.3, 0.4) is 0 Å². The molecule has 0 saturated carbocycles. The lowest BCUT2D eigenvalue weighted by Crippen LogP contribution is -2.15. The molecule has 57 heavy (non-hydrogen) atoms. The van der Waals surface area contributed by atoms with Gasteiger partial charge in [-0.3, -0.25) is 0 Å². The number of nitrogens with zero attached hydrogens (tertiary/aromatic N) is 4. The summed E-state index contributed by atoms with van der Waals surface area (Å²) in [6, 6.07) is 65.5. The average Bonchev–Trinajstić information content (AvgIpc) is 4.00. The van der Waals surface area contributed by atoms with E-state index in [2.05, 4.69) is 116 Å². The zero-order valence-electron chi connectivity index (χ0n) is 30.5. The highest BCUT2D eigenvalue weighted by Gasteiger charge is 2.25. The second-order valence-electron chi connectivity index (χ2n) is 13.8. The minimum Gasteiger partial charge on any atom is -0.453 e. The first kappa shape index (κ1) is 32.5. The fourth-order valence-corrected chi connectivity index (χ4v) is 7.68. The van der Waals surface area contributed by atoms with Crippen LogP contribution in [0.5, 0.6) is 11.5 Å². The predicted octanol–water partition coefficient (Wildman–Crippen LogP) is 13.7. The highest BCUT2D eigenvalue weighted by molar-refractivity contribution is 6.09. The van der Waals surface area contributed by atoms with Gasteiger partial charge in [-0.2, -0.15) is 0 Å². The van der Waals surface area contributed by atoms with Gasteiger partial charge in [-0.15, -0.1) is 0 Å². The van der Waals surface area contributed by atoms with E-state index in [1.807, 2.05) is 97.1 Å². The summed E-state index contributed by atoms with van der Waals surface area (Å²) >= 11 is 0. The summed E-state index contributed by atoms with van der Waals surface area (Å²) in [5, 5.41) is 2.53. The van der Waals surface area contributed by atoms with Crippen molar-refractivity contribution in [2.24, 2.45) is 0 Å². The lowest BCUT2D eigenvalue weighted by Gasteiger charge is -2.32. The van der Waals surface area contributed by atoms with Crippen molar-refractivity contribution in [3.05, 3.63) is 194 Å². The van der Waals surface area contributed by atoms with Crippen LogP contribution in [0.25, 0.3) is 72.6 Å². The van der Waals surface area contributed by atoms with Gasteiger partial charge in [0.2, 0.25) is 11.8 Å². The van der Waals surface area contributed by atoms with Crippen LogP contribution in [0.4, 0.5) is 17.1 Å². The number of hydrogen-bond acceptors (Lipinski definition) is 6. The van der Waals surface area contributed by atoms with Gasteiger partial charge in [0.15, 0.2) is 22.7 Å². The predicted molar refractivity (Wildman–Crippen MR) is 228 cm³/mol. The molecule has 270 valence electrons. The van der Waals surface area contributed by atoms with E-state index in [1.165, 1.54) is 21.8 Å². The summed E-state index contributed by atoms with van der Waals surface area (Å²) in [5.41, 5.74) is 11.9. The Morgan fingerprint density at radius 1 is 0.368 bits per heavy atom. The van der Waals surface area contributed by atoms with Gasteiger partial charge in [0.1, 0.15) is 11.0 Å². The molecule has 0 amide bonds. The molecule has 0 radical (unpaired) electrons. The standard InChI is InChI=1S/C25H16N2O2.C25H16N2O/c1-4-10-22-19(7-1)26-25(29-22)17-13-15-18(16-14-17)27-20-8-2-5-11-23(20)28-24-12-6-3-9-21(24)27;1-4-10-22-19(7-1)20-8-2-5-11-23(20)27(22)18-15-13-17(14-16-18)25-26-21-9-3-6-12-24(21)28-25/h1-16H;1-16H. The number of fused-ring (bicyclic) bond motifs is 7. The first-order valence-electron chi connectivity index (χ1n) is 18.8. The molecule has 0 spiro atoms. The number of anilines is 3. The average molecular weight is 737 g/mol. The Hall–Kier alpha value is -7.90. The van der Waals surface area contributed by atoms with Crippen LogP contribution >= 0.6 is 0 Å². The molecule has 4 heterocycles. The Morgan fingerprint density at radius 2 is 0.789 bits per heavy atom. The van der Waals surface area contributed by atoms with Crippen LogP contribution in [0.15, 0.2) is 203 Å². The molecule has 0 fully saturated rings. The molecule has 0 unspecified atom stereocenters. The zero-order chi connectivity index (χ0) is 37.7. The van der Waals surface area contributed by atoms with Crippen LogP contribution < -0.4 is 9.64 Å². The largest absolute Gasteiger partial charge is 0.453 e. The molecule has 0 bridgehead atoms. The van der Waals surface area contributed by atoms with Crippen LogP contribution in [0.1, 0.15) is 0 Å². The molecule has 3 aromatic heterocycles. The Morgan fingerprint density at radius 3 is 1.30 bits per heavy atom. The van der Waals surface area contributed by atoms with E-state index in [-0.39, 0.29) is 0 Å². The first-order chi connectivity index (χ1) is 28.2. The number of rotatable bonds is 4. The molecular formula is C50H32N4O3. The van der Waals surface area contributed by atoms with E-state index < -0.39 is 0 Å². The Bertz CT molecular complexity index is 3070. The molecule has 11 aromatic rings. The summed E-state index contributed by atoms with van der Waals surface area (Å²) in [5.74, 6) is 2.96. The van der Waals surface area contributed by atoms with Gasteiger partial charge in [0, 0.05) is 33.3 Å². The van der Waals surface area contributed by atoms with Gasteiger partial charge in [0.25, 0.3) is 0 Å². The van der Waals surface area contributed by atoms with Crippen molar-refractivity contribution in [1.82, 2.24) is 14.5 Å². The topological polar surface area (TPSA) is 69.5 Å². The van der Waals surface area contributed by atoms with Gasteiger partial charge in [-0.1, -0.05) is 84.9 Å². The van der Waals surface area contributed by atoms with E-state index in [4.69, 9.17) is 13.6 Å². The van der Waals surface area contributed by atoms with E-state index in [9.17, 15) is 0 Å². The van der Waals surface area contributed by atoms with Crippen molar-refractivity contribution >= 4 is 61.1 Å². The Labute approximate surface area is 327 Å². The Balaban J connectivity index is 0.000000131. The van der Waals surface area contributed by atoms with Crippen molar-refractivity contribution in [3.63, 3.8) is 0 Å². The SMILES string of the molecule is c1ccc2c(c1)Oc1ccccc1N2c1ccc(-c2nc3ccccc3o2)cc1.c1ccc2oc(-c3ccc(-n4c5ccccc5c5ccccc54)cc3)nc2c1. The second kappa shape index (κ2) is 13.4. The minimum atomic E-state index is 0.625. The quantitative estimate of drug-likeness (QED) is 0.179. The summed E-state index contributed by atoms with van der Waals surface area (Å²) in [7, 11) is 0. The molecule has 1 aliphatic heterocycles. The fraction of sp³-hybridized carbons (Fsp3) is 0. The van der Waals surface area contributed by atoms with Crippen LogP contribution in [-0.4, -0.2) is 14.5 Å². The third kappa shape index (κ3) is 5.68. The summed E-state index contributed by atoms with van der Waals surface area (Å²) in [4.78, 5) is 11.4. The third-order valence-corrected chi connectivity index (χ3v) is 10.3.